The number of nitrogens with zero attached hydrogens (tertiary/aromatic N) is 1. The first-order valence-electron chi connectivity index (χ1n) is 7.48. The molecule has 1 amide bonds. The fraction of sp³-hybridized carbons (Fsp3) is 0.294. The van der Waals surface area contributed by atoms with Crippen molar-refractivity contribution < 1.29 is 13.7 Å². The van der Waals surface area contributed by atoms with E-state index >= 15 is 0 Å². The highest BCUT2D eigenvalue weighted by atomic mass is 19.1. The molecule has 0 saturated carbocycles. The van der Waals surface area contributed by atoms with Crippen molar-refractivity contribution in [2.45, 2.75) is 26.3 Å². The Hall–Kier alpha value is -2.63. The Balaban J connectivity index is 1.73. The second-order valence-electron chi connectivity index (χ2n) is 5.62. The van der Waals surface area contributed by atoms with Crippen LogP contribution in [0.2, 0.25) is 0 Å². The number of H-pyrrole nitrogens is 1. The minimum atomic E-state index is -0.528. The summed E-state index contributed by atoms with van der Waals surface area (Å²) in [5, 5.41) is 7.64. The van der Waals surface area contributed by atoms with Crippen molar-refractivity contribution in [3.8, 4) is 0 Å². The van der Waals surface area contributed by atoms with Crippen molar-refractivity contribution in [3.05, 3.63) is 53.0 Å². The summed E-state index contributed by atoms with van der Waals surface area (Å²) in [5.74, 6) is -0.265. The number of benzene rings is 1. The molecule has 0 aliphatic rings. The monoisotopic (exact) mass is 315 g/mol. The van der Waals surface area contributed by atoms with E-state index in [0.717, 1.165) is 22.2 Å². The number of alkyl halides is 1. The Morgan fingerprint density at radius 2 is 2.22 bits per heavy atom. The molecule has 3 rings (SSSR count). The van der Waals surface area contributed by atoms with Crippen LogP contribution in [0.4, 0.5) is 4.39 Å². The summed E-state index contributed by atoms with van der Waals surface area (Å²) < 4.78 is 17.2. The van der Waals surface area contributed by atoms with E-state index in [0.29, 0.717) is 5.69 Å². The average Bonchev–Trinajstić information content (AvgIpc) is 3.12. The van der Waals surface area contributed by atoms with E-state index in [2.05, 4.69) is 21.5 Å². The molecule has 2 aromatic heterocycles. The van der Waals surface area contributed by atoms with Gasteiger partial charge in [-0.25, -0.2) is 0 Å². The van der Waals surface area contributed by atoms with E-state index in [4.69, 9.17) is 4.52 Å². The van der Waals surface area contributed by atoms with Gasteiger partial charge in [0.15, 0.2) is 0 Å². The number of carbonyl (C=O) groups is 1. The topological polar surface area (TPSA) is 70.9 Å². The molecule has 0 fully saturated rings. The van der Waals surface area contributed by atoms with E-state index in [1.807, 2.05) is 32.0 Å². The minimum absolute atomic E-state index is 0.0962. The van der Waals surface area contributed by atoms with Gasteiger partial charge in [-0.3, -0.25) is 9.18 Å². The van der Waals surface area contributed by atoms with Gasteiger partial charge >= 0.3 is 0 Å². The van der Waals surface area contributed by atoms with Crippen LogP contribution < -0.4 is 5.32 Å². The number of aryl methyl sites for hydroxylation is 2. The van der Waals surface area contributed by atoms with Crippen molar-refractivity contribution in [3.63, 3.8) is 0 Å². The third kappa shape index (κ3) is 3.26. The number of halogens is 1. The summed E-state index contributed by atoms with van der Waals surface area (Å²) in [6, 6.07) is 9.36. The maximum Gasteiger partial charge on any atom is 0.290 e. The molecule has 1 atom stereocenters. The lowest BCUT2D eigenvalue weighted by molar-refractivity contribution is 0.0902. The Morgan fingerprint density at radius 1 is 1.39 bits per heavy atom. The zero-order valence-corrected chi connectivity index (χ0v) is 13.0. The molecule has 6 heteroatoms. The van der Waals surface area contributed by atoms with Gasteiger partial charge in [0, 0.05) is 23.7 Å². The maximum absolute atomic E-state index is 12.3. The van der Waals surface area contributed by atoms with Crippen molar-refractivity contribution in [2.75, 3.05) is 6.67 Å². The predicted molar refractivity (Wildman–Crippen MR) is 85.1 cm³/mol. The molecule has 3 aromatic rings. The molecule has 1 aromatic carbocycles. The third-order valence-electron chi connectivity index (χ3n) is 3.76. The molecule has 2 N–H and O–H groups in total. The first kappa shape index (κ1) is 15.3. The largest absolute Gasteiger partial charge is 0.359 e. The first-order valence-corrected chi connectivity index (χ1v) is 7.48. The van der Waals surface area contributed by atoms with E-state index in [9.17, 15) is 9.18 Å². The summed E-state index contributed by atoms with van der Waals surface area (Å²) in [6.07, 6.45) is 0.149. The second-order valence-corrected chi connectivity index (χ2v) is 5.62. The van der Waals surface area contributed by atoms with Crippen LogP contribution in [0.1, 0.15) is 40.5 Å². The average molecular weight is 315 g/mol. The van der Waals surface area contributed by atoms with Crippen molar-refractivity contribution in [1.82, 2.24) is 15.5 Å². The highest BCUT2D eigenvalue weighted by Crippen LogP contribution is 2.21. The Bertz CT molecular complexity index is 837. The Morgan fingerprint density at radius 3 is 3.00 bits per heavy atom. The number of nitrogens with one attached hydrogen (secondary N) is 2. The number of fused-ring (bicyclic) bond motifs is 1. The van der Waals surface area contributed by atoms with Crippen LogP contribution in [-0.4, -0.2) is 22.7 Å². The van der Waals surface area contributed by atoms with Crippen LogP contribution in [0.5, 0.6) is 0 Å². The molecule has 0 aliphatic carbocycles. The third-order valence-corrected chi connectivity index (χ3v) is 3.76. The van der Waals surface area contributed by atoms with Crippen LogP contribution >= 0.6 is 0 Å². The smallest absolute Gasteiger partial charge is 0.290 e. The summed E-state index contributed by atoms with van der Waals surface area (Å²) in [7, 11) is 0. The molecule has 120 valence electrons. The maximum atomic E-state index is 12.3. The number of hydrogen-bond donors (Lipinski definition) is 2. The highest BCUT2D eigenvalue weighted by Gasteiger charge is 2.16. The van der Waals surface area contributed by atoms with Crippen molar-refractivity contribution >= 4 is 16.8 Å². The van der Waals surface area contributed by atoms with E-state index < -0.39 is 6.67 Å². The molecule has 0 saturated heterocycles. The fourth-order valence-corrected chi connectivity index (χ4v) is 2.55. The van der Waals surface area contributed by atoms with Crippen LogP contribution in [-0.2, 0) is 6.42 Å². The quantitative estimate of drug-likeness (QED) is 0.757. The van der Waals surface area contributed by atoms with E-state index in [-0.39, 0.29) is 24.1 Å². The lowest BCUT2D eigenvalue weighted by Crippen LogP contribution is -2.26. The zero-order valence-electron chi connectivity index (χ0n) is 13.0. The lowest BCUT2D eigenvalue weighted by Gasteiger charge is -2.13. The molecule has 0 aliphatic heterocycles. The first-order chi connectivity index (χ1) is 11.1. The van der Waals surface area contributed by atoms with Gasteiger partial charge in [0.05, 0.1) is 18.4 Å². The molecular weight excluding hydrogens is 297 g/mol. The molecule has 2 heterocycles. The SMILES string of the molecule is Cc1cc2cc([C@@H](C)NC(=O)c3cc(CCF)no3)ccc2[nH]1. The molecule has 0 unspecified atom stereocenters. The van der Waals surface area contributed by atoms with Gasteiger partial charge in [-0.15, -0.1) is 0 Å². The van der Waals surface area contributed by atoms with Crippen LogP contribution in [0.15, 0.2) is 34.9 Å². The van der Waals surface area contributed by atoms with Crippen LogP contribution in [0.25, 0.3) is 10.9 Å². The normalized spacial score (nSPS) is 12.5. The summed E-state index contributed by atoms with van der Waals surface area (Å²) in [5.41, 5.74) is 3.59. The van der Waals surface area contributed by atoms with Gasteiger partial charge in [-0.05, 0) is 43.0 Å². The van der Waals surface area contributed by atoms with Gasteiger partial charge in [0.1, 0.15) is 0 Å². The lowest BCUT2D eigenvalue weighted by atomic mass is 10.1. The molecule has 0 bridgehead atoms. The number of aromatic amines is 1. The summed E-state index contributed by atoms with van der Waals surface area (Å²) in [6.45, 7) is 3.38. The standard InChI is InChI=1S/C17H18FN3O2/c1-10-7-13-8-12(3-4-15(13)19-10)11(2)20-17(22)16-9-14(5-6-18)21-23-16/h3-4,7-9,11,19H,5-6H2,1-2H3,(H,20,22)/t11-/m1/s1. The van der Waals surface area contributed by atoms with Crippen LogP contribution in [0.3, 0.4) is 0 Å². The second kappa shape index (κ2) is 6.24. The molecule has 0 radical (unpaired) electrons. The molecule has 23 heavy (non-hydrogen) atoms. The fourth-order valence-electron chi connectivity index (χ4n) is 2.55. The van der Waals surface area contributed by atoms with Gasteiger partial charge in [-0.1, -0.05) is 11.2 Å². The number of rotatable bonds is 5. The van der Waals surface area contributed by atoms with Gasteiger partial charge in [-0.2, -0.15) is 0 Å². The van der Waals surface area contributed by atoms with Crippen molar-refractivity contribution in [1.29, 1.82) is 0 Å². The number of hydrogen-bond acceptors (Lipinski definition) is 3. The number of carbonyl (C=O) groups excluding carboxylic acids is 1. The van der Waals surface area contributed by atoms with E-state index in [1.165, 1.54) is 6.07 Å². The molecular formula is C17H18FN3O2. The Labute approximate surface area is 132 Å². The van der Waals surface area contributed by atoms with Gasteiger partial charge < -0.3 is 14.8 Å². The van der Waals surface area contributed by atoms with E-state index in [1.54, 1.807) is 0 Å². The number of aromatic nitrogens is 2. The summed E-state index contributed by atoms with van der Waals surface area (Å²) >= 11 is 0. The van der Waals surface area contributed by atoms with Gasteiger partial charge in [0.25, 0.3) is 5.91 Å². The highest BCUT2D eigenvalue weighted by molar-refractivity contribution is 5.91. The summed E-state index contributed by atoms with van der Waals surface area (Å²) in [4.78, 5) is 15.4. The molecule has 0 spiro atoms. The molecule has 5 nitrogen and oxygen atoms in total. The zero-order chi connectivity index (χ0) is 16.4. The van der Waals surface area contributed by atoms with Gasteiger partial charge in [0.2, 0.25) is 5.76 Å². The van der Waals surface area contributed by atoms with Crippen LogP contribution in [0, 0.1) is 6.92 Å². The van der Waals surface area contributed by atoms with Crippen molar-refractivity contribution in [2.24, 2.45) is 0 Å². The number of amides is 1. The predicted octanol–water partition coefficient (Wildman–Crippen LogP) is 3.47. The minimum Gasteiger partial charge on any atom is -0.359 e. The Kier molecular flexibility index (Phi) is 4.14.